The molecule has 5 heteroatoms. The van der Waals surface area contributed by atoms with Crippen LogP contribution in [0.1, 0.15) is 41.5 Å². The summed E-state index contributed by atoms with van der Waals surface area (Å²) in [7, 11) is 0. The first kappa shape index (κ1) is 17.9. The number of hydrogen-bond donors (Lipinski definition) is 0. The van der Waals surface area contributed by atoms with Crippen LogP contribution < -0.4 is 0 Å². The highest BCUT2D eigenvalue weighted by Crippen LogP contribution is 2.04. The van der Waals surface area contributed by atoms with E-state index in [9.17, 15) is 9.59 Å². The van der Waals surface area contributed by atoms with Gasteiger partial charge in [0.1, 0.15) is 12.7 Å². The normalized spacial score (nSPS) is 14.3. The molecular weight excluding hydrogens is 248 g/mol. The molecule has 0 heterocycles. The van der Waals surface area contributed by atoms with Crippen LogP contribution >= 0.6 is 0 Å². The van der Waals surface area contributed by atoms with Crippen LogP contribution in [0.5, 0.6) is 0 Å². The van der Waals surface area contributed by atoms with Crippen molar-refractivity contribution in [2.75, 3.05) is 13.2 Å². The Bertz CT molecular complexity index is 286. The van der Waals surface area contributed by atoms with Gasteiger partial charge in [-0.3, -0.25) is 9.59 Å². The van der Waals surface area contributed by atoms with Crippen LogP contribution in [0.25, 0.3) is 0 Å². The fraction of sp³-hybridized carbons (Fsp3) is 0.857. The number of ether oxygens (including phenoxy) is 3. The molecular formula is C14H26O5. The van der Waals surface area contributed by atoms with Crippen molar-refractivity contribution in [3.63, 3.8) is 0 Å². The summed E-state index contributed by atoms with van der Waals surface area (Å²) in [6.07, 6.45) is -0.527. The minimum absolute atomic E-state index is 0.141. The Morgan fingerprint density at radius 3 is 1.79 bits per heavy atom. The maximum atomic E-state index is 11.3. The SMILES string of the molecule is CC(COC(=O)C(C)C)OCC(C)OC(=O)C(C)C. The lowest BCUT2D eigenvalue weighted by Gasteiger charge is -2.18. The minimum Gasteiger partial charge on any atom is -0.463 e. The maximum absolute atomic E-state index is 11.3. The summed E-state index contributed by atoms with van der Waals surface area (Å²) < 4.78 is 15.7. The molecule has 112 valence electrons. The molecule has 0 saturated carbocycles. The molecule has 0 fully saturated rings. The first-order valence-corrected chi connectivity index (χ1v) is 6.72. The highest BCUT2D eigenvalue weighted by atomic mass is 16.6. The largest absolute Gasteiger partial charge is 0.463 e. The lowest BCUT2D eigenvalue weighted by atomic mass is 10.2. The fourth-order valence-corrected chi connectivity index (χ4v) is 1.08. The minimum atomic E-state index is -0.307. The van der Waals surface area contributed by atoms with Crippen molar-refractivity contribution in [2.24, 2.45) is 11.8 Å². The van der Waals surface area contributed by atoms with E-state index in [0.717, 1.165) is 0 Å². The van der Waals surface area contributed by atoms with E-state index in [0.29, 0.717) is 6.61 Å². The highest BCUT2D eigenvalue weighted by Gasteiger charge is 2.15. The van der Waals surface area contributed by atoms with E-state index in [-0.39, 0.29) is 42.6 Å². The van der Waals surface area contributed by atoms with Gasteiger partial charge in [0.25, 0.3) is 0 Å². The summed E-state index contributed by atoms with van der Waals surface area (Å²) in [4.78, 5) is 22.6. The second-order valence-electron chi connectivity index (χ2n) is 5.33. The Kier molecular flexibility index (Phi) is 8.39. The van der Waals surface area contributed by atoms with Gasteiger partial charge in [-0.05, 0) is 13.8 Å². The van der Waals surface area contributed by atoms with E-state index >= 15 is 0 Å². The Morgan fingerprint density at radius 1 is 0.789 bits per heavy atom. The summed E-state index contributed by atoms with van der Waals surface area (Å²) in [6.45, 7) is 11.2. The van der Waals surface area contributed by atoms with Gasteiger partial charge in [-0.15, -0.1) is 0 Å². The van der Waals surface area contributed by atoms with Crippen LogP contribution in [0.3, 0.4) is 0 Å². The summed E-state index contributed by atoms with van der Waals surface area (Å²) in [5.41, 5.74) is 0. The van der Waals surface area contributed by atoms with Crippen molar-refractivity contribution in [3.05, 3.63) is 0 Å². The summed E-state index contributed by atoms with van der Waals surface area (Å²) in [6, 6.07) is 0. The average molecular weight is 274 g/mol. The average Bonchev–Trinajstić information content (AvgIpc) is 2.32. The van der Waals surface area contributed by atoms with E-state index in [4.69, 9.17) is 14.2 Å². The molecule has 0 rings (SSSR count). The zero-order valence-corrected chi connectivity index (χ0v) is 12.8. The molecule has 0 aliphatic carbocycles. The molecule has 0 amide bonds. The van der Waals surface area contributed by atoms with Crippen molar-refractivity contribution < 1.29 is 23.8 Å². The predicted octanol–water partition coefficient (Wildman–Crippen LogP) is 2.18. The number of carbonyl (C=O) groups excluding carboxylic acids is 2. The van der Waals surface area contributed by atoms with Gasteiger partial charge < -0.3 is 14.2 Å². The molecule has 0 aliphatic heterocycles. The molecule has 0 aromatic heterocycles. The zero-order chi connectivity index (χ0) is 15.0. The van der Waals surface area contributed by atoms with E-state index in [1.54, 1.807) is 34.6 Å². The van der Waals surface area contributed by atoms with Gasteiger partial charge in [-0.25, -0.2) is 0 Å². The quantitative estimate of drug-likeness (QED) is 0.635. The molecule has 0 aromatic rings. The third-order valence-corrected chi connectivity index (χ3v) is 2.34. The second-order valence-corrected chi connectivity index (χ2v) is 5.33. The van der Waals surface area contributed by atoms with E-state index in [1.165, 1.54) is 0 Å². The standard InChI is InChI=1S/C14H26O5/c1-9(2)13(15)18-7-11(5)17-8-12(6)19-14(16)10(3)4/h9-12H,7-8H2,1-6H3. The summed E-state index contributed by atoms with van der Waals surface area (Å²) in [5.74, 6) is -0.769. The topological polar surface area (TPSA) is 61.8 Å². The van der Waals surface area contributed by atoms with Crippen molar-refractivity contribution >= 4 is 11.9 Å². The lowest BCUT2D eigenvalue weighted by molar-refractivity contribution is -0.158. The van der Waals surface area contributed by atoms with Crippen molar-refractivity contribution in [2.45, 2.75) is 53.8 Å². The van der Waals surface area contributed by atoms with Gasteiger partial charge in [0.05, 0.1) is 24.5 Å². The maximum Gasteiger partial charge on any atom is 0.308 e. The van der Waals surface area contributed by atoms with Gasteiger partial charge in [0.15, 0.2) is 0 Å². The van der Waals surface area contributed by atoms with Crippen molar-refractivity contribution in [1.29, 1.82) is 0 Å². The molecule has 0 aromatic carbocycles. The van der Waals surface area contributed by atoms with Crippen LogP contribution in [0.4, 0.5) is 0 Å². The molecule has 2 unspecified atom stereocenters. The summed E-state index contributed by atoms with van der Waals surface area (Å²) in [5, 5.41) is 0. The fourth-order valence-electron chi connectivity index (χ4n) is 1.08. The molecule has 0 radical (unpaired) electrons. The first-order chi connectivity index (χ1) is 8.73. The third kappa shape index (κ3) is 8.59. The second kappa shape index (κ2) is 8.91. The molecule has 0 bridgehead atoms. The Balaban J connectivity index is 3.81. The first-order valence-electron chi connectivity index (χ1n) is 6.72. The van der Waals surface area contributed by atoms with Crippen LogP contribution in [-0.2, 0) is 23.8 Å². The van der Waals surface area contributed by atoms with Crippen LogP contribution in [0, 0.1) is 11.8 Å². The number of carbonyl (C=O) groups is 2. The van der Waals surface area contributed by atoms with Gasteiger partial charge in [-0.1, -0.05) is 27.7 Å². The van der Waals surface area contributed by atoms with E-state index < -0.39 is 0 Å². The number of hydrogen-bond acceptors (Lipinski definition) is 5. The molecule has 0 aliphatic rings. The van der Waals surface area contributed by atoms with Crippen LogP contribution in [0.2, 0.25) is 0 Å². The molecule has 0 N–H and O–H groups in total. The van der Waals surface area contributed by atoms with E-state index in [2.05, 4.69) is 0 Å². The van der Waals surface area contributed by atoms with E-state index in [1.807, 2.05) is 6.92 Å². The molecule has 19 heavy (non-hydrogen) atoms. The van der Waals surface area contributed by atoms with Gasteiger partial charge in [-0.2, -0.15) is 0 Å². The van der Waals surface area contributed by atoms with Crippen LogP contribution in [-0.4, -0.2) is 37.4 Å². The Labute approximate surface area is 115 Å². The highest BCUT2D eigenvalue weighted by molar-refractivity contribution is 5.71. The summed E-state index contributed by atoms with van der Waals surface area (Å²) >= 11 is 0. The van der Waals surface area contributed by atoms with Gasteiger partial charge in [0, 0.05) is 0 Å². The van der Waals surface area contributed by atoms with Crippen molar-refractivity contribution in [1.82, 2.24) is 0 Å². The smallest absolute Gasteiger partial charge is 0.308 e. The monoisotopic (exact) mass is 274 g/mol. The molecule has 0 spiro atoms. The van der Waals surface area contributed by atoms with Crippen LogP contribution in [0.15, 0.2) is 0 Å². The lowest BCUT2D eigenvalue weighted by Crippen LogP contribution is -2.28. The van der Waals surface area contributed by atoms with Crippen molar-refractivity contribution in [3.8, 4) is 0 Å². The third-order valence-electron chi connectivity index (χ3n) is 2.34. The zero-order valence-electron chi connectivity index (χ0n) is 12.8. The van der Waals surface area contributed by atoms with Gasteiger partial charge in [0.2, 0.25) is 0 Å². The number of rotatable bonds is 8. The Hall–Kier alpha value is -1.10. The number of esters is 2. The molecule has 5 nitrogen and oxygen atoms in total. The Morgan fingerprint density at radius 2 is 1.32 bits per heavy atom. The van der Waals surface area contributed by atoms with Gasteiger partial charge >= 0.3 is 11.9 Å². The predicted molar refractivity (Wildman–Crippen MR) is 71.6 cm³/mol. The molecule has 2 atom stereocenters. The molecule has 0 saturated heterocycles.